The number of hydrogen-bond acceptors (Lipinski definition) is 8. The van der Waals surface area contributed by atoms with Gasteiger partial charge in [0.15, 0.2) is 11.7 Å². The third kappa shape index (κ3) is 3.11. The predicted molar refractivity (Wildman–Crippen MR) is 75.8 cm³/mol. The van der Waals surface area contributed by atoms with E-state index in [0.717, 1.165) is 0 Å². The molecule has 10 heteroatoms. The summed E-state index contributed by atoms with van der Waals surface area (Å²) >= 11 is 0. The van der Waals surface area contributed by atoms with E-state index in [9.17, 15) is 18.3 Å². The van der Waals surface area contributed by atoms with Gasteiger partial charge in [-0.25, -0.2) is 4.18 Å². The first-order chi connectivity index (χ1) is 10.5. The molecule has 23 heavy (non-hydrogen) atoms. The summed E-state index contributed by atoms with van der Waals surface area (Å²) in [5.74, 6) is -0.151. The molecule has 0 aromatic rings. The Balaban J connectivity index is 2.28. The lowest BCUT2D eigenvalue weighted by Gasteiger charge is -2.66. The van der Waals surface area contributed by atoms with Crippen LogP contribution in [0.5, 0.6) is 0 Å². The van der Waals surface area contributed by atoms with E-state index in [1.165, 1.54) is 0 Å². The van der Waals surface area contributed by atoms with Crippen LogP contribution in [-0.4, -0.2) is 66.8 Å². The highest BCUT2D eigenvalue weighted by Crippen LogP contribution is 2.54. The van der Waals surface area contributed by atoms with Crippen LogP contribution in [0, 0.1) is 5.92 Å². The van der Waals surface area contributed by atoms with Crippen LogP contribution in [0.25, 0.3) is 0 Å². The minimum absolute atomic E-state index is 0.151. The maximum absolute atomic E-state index is 11.1. The van der Waals surface area contributed by atoms with Gasteiger partial charge in [0.1, 0.15) is 18.3 Å². The summed E-state index contributed by atoms with van der Waals surface area (Å²) < 4.78 is 52.0. The fourth-order valence-electron chi connectivity index (χ4n) is 3.20. The topological polar surface area (TPSA) is 129 Å². The lowest BCUT2D eigenvalue weighted by atomic mass is 9.61. The molecule has 2 aliphatic rings. The molecule has 2 N–H and O–H groups in total. The van der Waals surface area contributed by atoms with Crippen molar-refractivity contribution in [3.8, 4) is 0 Å². The average molecular weight is 354 g/mol. The Morgan fingerprint density at radius 3 is 2.26 bits per heavy atom. The van der Waals surface area contributed by atoms with E-state index < -0.39 is 46.5 Å². The summed E-state index contributed by atoms with van der Waals surface area (Å²) in [5.41, 5.74) is -1.58. The molecule has 3 unspecified atom stereocenters. The molecule has 0 bridgehead atoms. The lowest BCUT2D eigenvalue weighted by molar-refractivity contribution is -0.422. The van der Waals surface area contributed by atoms with Crippen molar-refractivity contribution >= 4 is 16.9 Å². The third-order valence-electron chi connectivity index (χ3n) is 4.11. The SMILES string of the molecule is CC(C)O[C@H]1C(O)[C@@]2(O[C@@H](C(C)C)C2OS(=O)(=O)O)C1OC=O. The second-order valence-electron chi connectivity index (χ2n) is 6.37. The highest BCUT2D eigenvalue weighted by atomic mass is 32.3. The van der Waals surface area contributed by atoms with Crippen LogP contribution in [0.2, 0.25) is 0 Å². The maximum atomic E-state index is 11.1. The molecule has 0 radical (unpaired) electrons. The smallest absolute Gasteiger partial charge is 0.397 e. The van der Waals surface area contributed by atoms with Gasteiger partial charge in [-0.15, -0.1) is 0 Å². The van der Waals surface area contributed by atoms with E-state index in [4.69, 9.17) is 22.9 Å². The van der Waals surface area contributed by atoms with Crippen molar-refractivity contribution in [3.05, 3.63) is 0 Å². The van der Waals surface area contributed by atoms with E-state index in [-0.39, 0.29) is 18.5 Å². The van der Waals surface area contributed by atoms with Crippen LogP contribution in [-0.2, 0) is 33.6 Å². The van der Waals surface area contributed by atoms with Crippen molar-refractivity contribution in [1.29, 1.82) is 0 Å². The molecule has 2 fully saturated rings. The van der Waals surface area contributed by atoms with Crippen LogP contribution in [0.1, 0.15) is 27.7 Å². The molecule has 0 amide bonds. The van der Waals surface area contributed by atoms with E-state index in [1.807, 2.05) is 0 Å². The molecule has 0 aromatic carbocycles. The Kier molecular flexibility index (Phi) is 5.05. The molecule has 1 saturated heterocycles. The predicted octanol–water partition coefficient (Wildman–Crippen LogP) is -0.322. The summed E-state index contributed by atoms with van der Waals surface area (Å²) in [7, 11) is -4.78. The van der Waals surface area contributed by atoms with Crippen LogP contribution in [0.15, 0.2) is 0 Å². The van der Waals surface area contributed by atoms with E-state index in [2.05, 4.69) is 0 Å². The molecule has 2 rings (SSSR count). The van der Waals surface area contributed by atoms with Crippen molar-refractivity contribution in [3.63, 3.8) is 0 Å². The van der Waals surface area contributed by atoms with Crippen molar-refractivity contribution in [2.45, 2.75) is 69.9 Å². The van der Waals surface area contributed by atoms with E-state index in [1.54, 1.807) is 27.7 Å². The van der Waals surface area contributed by atoms with Gasteiger partial charge in [0.05, 0.1) is 12.2 Å². The standard InChI is InChI=1S/C13H22O9S/c1-6(2)8-12(22-23(16,17)18)13(21-8)10(15)9(20-7(3)4)11(13)19-5-14/h5-12,15H,1-4H3,(H,16,17,18)/t8-,9-,10?,11?,12?,13+/m0/s1. The van der Waals surface area contributed by atoms with Gasteiger partial charge in [0.25, 0.3) is 6.47 Å². The number of carbonyl (C=O) groups excluding carboxylic acids is 1. The summed E-state index contributed by atoms with van der Waals surface area (Å²) in [6.07, 6.45) is -5.32. The summed E-state index contributed by atoms with van der Waals surface area (Å²) in [4.78, 5) is 10.8. The molecule has 0 aromatic heterocycles. The van der Waals surface area contributed by atoms with Crippen molar-refractivity contribution in [1.82, 2.24) is 0 Å². The molecular formula is C13H22O9S. The van der Waals surface area contributed by atoms with Gasteiger partial charge >= 0.3 is 10.4 Å². The zero-order valence-electron chi connectivity index (χ0n) is 13.3. The van der Waals surface area contributed by atoms with Crippen LogP contribution < -0.4 is 0 Å². The fourth-order valence-corrected chi connectivity index (χ4v) is 3.72. The first kappa shape index (κ1) is 18.6. The van der Waals surface area contributed by atoms with Gasteiger partial charge in [0, 0.05) is 0 Å². The molecule has 1 aliphatic heterocycles. The Bertz CT molecular complexity index is 546. The third-order valence-corrected chi connectivity index (χ3v) is 4.56. The molecule has 9 nitrogen and oxygen atoms in total. The Morgan fingerprint density at radius 2 is 1.83 bits per heavy atom. The Morgan fingerprint density at radius 1 is 1.22 bits per heavy atom. The lowest BCUT2D eigenvalue weighted by Crippen LogP contribution is -2.88. The highest BCUT2D eigenvalue weighted by Gasteiger charge is 2.78. The van der Waals surface area contributed by atoms with E-state index in [0.29, 0.717) is 0 Å². The number of aliphatic hydroxyl groups excluding tert-OH is 1. The average Bonchev–Trinajstić information content (AvgIpc) is 2.39. The van der Waals surface area contributed by atoms with Crippen LogP contribution in [0.3, 0.4) is 0 Å². The van der Waals surface area contributed by atoms with Gasteiger partial charge in [-0.2, -0.15) is 8.42 Å². The quantitative estimate of drug-likeness (QED) is 0.466. The maximum Gasteiger partial charge on any atom is 0.397 e. The fraction of sp³-hybridized carbons (Fsp3) is 0.923. The second-order valence-corrected chi connectivity index (χ2v) is 7.42. The van der Waals surface area contributed by atoms with Crippen LogP contribution in [0.4, 0.5) is 0 Å². The second kappa shape index (κ2) is 6.26. The van der Waals surface area contributed by atoms with E-state index >= 15 is 0 Å². The number of aliphatic hydroxyl groups is 1. The zero-order chi connectivity index (χ0) is 17.6. The zero-order valence-corrected chi connectivity index (χ0v) is 14.1. The van der Waals surface area contributed by atoms with Crippen LogP contribution >= 0.6 is 0 Å². The number of carbonyl (C=O) groups is 1. The molecule has 1 saturated carbocycles. The summed E-state index contributed by atoms with van der Waals surface area (Å²) in [6, 6.07) is 0. The minimum atomic E-state index is -4.78. The highest BCUT2D eigenvalue weighted by molar-refractivity contribution is 7.80. The normalized spacial score (nSPS) is 40.1. The molecule has 134 valence electrons. The molecular weight excluding hydrogens is 332 g/mol. The minimum Gasteiger partial charge on any atom is -0.458 e. The molecule has 1 heterocycles. The summed E-state index contributed by atoms with van der Waals surface area (Å²) in [5, 5.41) is 10.4. The monoisotopic (exact) mass is 354 g/mol. The largest absolute Gasteiger partial charge is 0.458 e. The molecule has 1 aliphatic carbocycles. The van der Waals surface area contributed by atoms with Gasteiger partial charge in [-0.1, -0.05) is 13.8 Å². The molecule has 1 spiro atoms. The van der Waals surface area contributed by atoms with Crippen molar-refractivity contribution in [2.75, 3.05) is 0 Å². The Hall–Kier alpha value is -0.780. The first-order valence-corrected chi connectivity index (χ1v) is 8.67. The summed E-state index contributed by atoms with van der Waals surface area (Å²) in [6.45, 7) is 7.17. The van der Waals surface area contributed by atoms with Gasteiger partial charge in [-0.05, 0) is 19.8 Å². The molecule has 6 atom stereocenters. The number of rotatable bonds is 7. The van der Waals surface area contributed by atoms with Crippen molar-refractivity contribution < 1.29 is 41.3 Å². The van der Waals surface area contributed by atoms with Gasteiger partial charge in [-0.3, -0.25) is 9.35 Å². The van der Waals surface area contributed by atoms with Gasteiger partial charge < -0.3 is 19.3 Å². The van der Waals surface area contributed by atoms with Crippen molar-refractivity contribution in [2.24, 2.45) is 5.92 Å². The number of ether oxygens (including phenoxy) is 3. The first-order valence-electron chi connectivity index (χ1n) is 7.30. The van der Waals surface area contributed by atoms with Gasteiger partial charge in [0.2, 0.25) is 0 Å². The Labute approximate surface area is 134 Å². The number of hydrogen-bond donors (Lipinski definition) is 2.